The highest BCUT2D eigenvalue weighted by Crippen LogP contribution is 2.24. The predicted molar refractivity (Wildman–Crippen MR) is 74.8 cm³/mol. The largest absolute Gasteiger partial charge is 0.379 e. The van der Waals surface area contributed by atoms with Crippen LogP contribution in [0.1, 0.15) is 23.2 Å². The van der Waals surface area contributed by atoms with Crippen LogP contribution in [0, 0.1) is 10.1 Å². The molecule has 19 heavy (non-hydrogen) atoms. The molecular formula is C13H19N3O3. The van der Waals surface area contributed by atoms with Crippen LogP contribution in [0.5, 0.6) is 0 Å². The summed E-state index contributed by atoms with van der Waals surface area (Å²) in [6.45, 7) is 1.67. The van der Waals surface area contributed by atoms with Gasteiger partial charge in [0, 0.05) is 18.2 Å². The first-order valence-electron chi connectivity index (χ1n) is 6.17. The third kappa shape index (κ3) is 5.05. The van der Waals surface area contributed by atoms with E-state index in [0.717, 1.165) is 19.4 Å². The van der Waals surface area contributed by atoms with Crippen molar-refractivity contribution >= 4 is 17.7 Å². The molecule has 0 spiro atoms. The molecule has 0 radical (unpaired) electrons. The number of carbonyl (C=O) groups is 1. The van der Waals surface area contributed by atoms with Crippen molar-refractivity contribution < 1.29 is 9.72 Å². The van der Waals surface area contributed by atoms with Gasteiger partial charge in [0.25, 0.3) is 5.69 Å². The van der Waals surface area contributed by atoms with Gasteiger partial charge < -0.3 is 10.2 Å². The van der Waals surface area contributed by atoms with Gasteiger partial charge in [0.2, 0.25) is 0 Å². The Hall–Kier alpha value is -1.95. The molecule has 0 saturated carbocycles. The first-order chi connectivity index (χ1) is 9.04. The first-order valence-corrected chi connectivity index (χ1v) is 6.17. The number of nitro groups is 1. The minimum Gasteiger partial charge on any atom is -0.379 e. The van der Waals surface area contributed by atoms with E-state index < -0.39 is 4.92 Å². The number of anilines is 1. The quantitative estimate of drug-likeness (QED) is 0.337. The maximum absolute atomic E-state index is 10.9. The lowest BCUT2D eigenvalue weighted by atomic mass is 10.2. The summed E-state index contributed by atoms with van der Waals surface area (Å²) in [6.07, 6.45) is 2.57. The molecule has 6 nitrogen and oxygen atoms in total. The van der Waals surface area contributed by atoms with Crippen molar-refractivity contribution in [2.45, 2.75) is 12.8 Å². The minimum atomic E-state index is -0.477. The molecule has 0 unspecified atom stereocenters. The van der Waals surface area contributed by atoms with Crippen LogP contribution in [0.15, 0.2) is 18.2 Å². The fraction of sp³-hybridized carbons (Fsp3) is 0.462. The van der Waals surface area contributed by atoms with Gasteiger partial charge in [-0.25, -0.2) is 0 Å². The zero-order chi connectivity index (χ0) is 14.3. The molecule has 0 aromatic heterocycles. The van der Waals surface area contributed by atoms with Crippen LogP contribution in [0.4, 0.5) is 11.4 Å². The molecule has 0 aliphatic rings. The third-order valence-electron chi connectivity index (χ3n) is 2.70. The highest BCUT2D eigenvalue weighted by Gasteiger charge is 2.13. The summed E-state index contributed by atoms with van der Waals surface area (Å²) in [5, 5.41) is 14.0. The number of aldehydes is 1. The lowest BCUT2D eigenvalue weighted by Gasteiger charge is -2.10. The van der Waals surface area contributed by atoms with Crippen LogP contribution in [-0.4, -0.2) is 43.3 Å². The number of nitrogens with one attached hydrogen (secondary N) is 1. The second kappa shape index (κ2) is 7.48. The van der Waals surface area contributed by atoms with Crippen LogP contribution in [0.2, 0.25) is 0 Å². The number of nitro benzene ring substituents is 1. The molecule has 0 heterocycles. The Kier molecular flexibility index (Phi) is 5.95. The molecule has 0 amide bonds. The summed E-state index contributed by atoms with van der Waals surface area (Å²) >= 11 is 0. The Morgan fingerprint density at radius 3 is 2.68 bits per heavy atom. The van der Waals surface area contributed by atoms with E-state index in [1.54, 1.807) is 12.1 Å². The van der Waals surface area contributed by atoms with Crippen LogP contribution >= 0.6 is 0 Å². The van der Waals surface area contributed by atoms with Gasteiger partial charge in [0.1, 0.15) is 12.0 Å². The average Bonchev–Trinajstić information content (AvgIpc) is 2.38. The maximum atomic E-state index is 10.9. The maximum Gasteiger partial charge on any atom is 0.293 e. The van der Waals surface area contributed by atoms with Crippen molar-refractivity contribution in [3.63, 3.8) is 0 Å². The zero-order valence-electron chi connectivity index (χ0n) is 11.3. The molecule has 0 saturated heterocycles. The van der Waals surface area contributed by atoms with Crippen molar-refractivity contribution in [2.24, 2.45) is 0 Å². The van der Waals surface area contributed by atoms with Crippen LogP contribution < -0.4 is 5.32 Å². The van der Waals surface area contributed by atoms with E-state index in [-0.39, 0.29) is 5.69 Å². The molecule has 0 fully saturated rings. The Bertz CT molecular complexity index is 447. The standard InChI is InChI=1S/C13H19N3O3/c1-15(2)8-4-3-7-14-12-6-5-11(10-17)9-13(12)16(18)19/h5-6,9-10,14H,3-4,7-8H2,1-2H3. The number of unbranched alkanes of at least 4 members (excludes halogenated alkanes) is 1. The monoisotopic (exact) mass is 265 g/mol. The molecule has 0 aliphatic carbocycles. The Morgan fingerprint density at radius 1 is 1.37 bits per heavy atom. The van der Waals surface area contributed by atoms with E-state index in [1.807, 2.05) is 14.1 Å². The van der Waals surface area contributed by atoms with Gasteiger partial charge in [-0.15, -0.1) is 0 Å². The van der Waals surface area contributed by atoms with Gasteiger partial charge in [0.05, 0.1) is 4.92 Å². The summed E-state index contributed by atoms with van der Waals surface area (Å²) in [6, 6.07) is 4.44. The van der Waals surface area contributed by atoms with Gasteiger partial charge in [0.15, 0.2) is 0 Å². The third-order valence-corrected chi connectivity index (χ3v) is 2.70. The molecule has 0 atom stereocenters. The topological polar surface area (TPSA) is 75.5 Å². The predicted octanol–water partition coefficient (Wildman–Crippen LogP) is 2.16. The van der Waals surface area contributed by atoms with Crippen molar-refractivity contribution in [3.05, 3.63) is 33.9 Å². The molecule has 1 aromatic carbocycles. The molecule has 0 aliphatic heterocycles. The molecule has 1 aromatic rings. The number of rotatable bonds is 8. The van der Waals surface area contributed by atoms with E-state index in [2.05, 4.69) is 10.2 Å². The zero-order valence-corrected chi connectivity index (χ0v) is 11.3. The highest BCUT2D eigenvalue weighted by atomic mass is 16.6. The molecule has 6 heteroatoms. The number of nitrogens with zero attached hydrogens (tertiary/aromatic N) is 2. The van der Waals surface area contributed by atoms with E-state index in [9.17, 15) is 14.9 Å². The summed E-state index contributed by atoms with van der Waals surface area (Å²) in [5.41, 5.74) is 0.711. The van der Waals surface area contributed by atoms with Crippen molar-refractivity contribution in [2.75, 3.05) is 32.5 Å². The Morgan fingerprint density at radius 2 is 2.11 bits per heavy atom. The molecule has 1 N–H and O–H groups in total. The van der Waals surface area contributed by atoms with E-state index in [4.69, 9.17) is 0 Å². The molecule has 0 bridgehead atoms. The second-order valence-corrected chi connectivity index (χ2v) is 4.59. The Balaban J connectivity index is 2.57. The summed E-state index contributed by atoms with van der Waals surface area (Å²) < 4.78 is 0. The minimum absolute atomic E-state index is 0.0581. The molecular weight excluding hydrogens is 246 g/mol. The van der Waals surface area contributed by atoms with Gasteiger partial charge in [-0.05, 0) is 45.6 Å². The van der Waals surface area contributed by atoms with Crippen molar-refractivity contribution in [1.82, 2.24) is 4.90 Å². The first kappa shape index (κ1) is 15.1. The van der Waals surface area contributed by atoms with Crippen molar-refractivity contribution in [3.8, 4) is 0 Å². The SMILES string of the molecule is CN(C)CCCCNc1ccc(C=O)cc1[N+](=O)[O-]. The smallest absolute Gasteiger partial charge is 0.293 e. The van der Waals surface area contributed by atoms with E-state index >= 15 is 0 Å². The van der Waals surface area contributed by atoms with E-state index in [1.165, 1.54) is 6.07 Å². The van der Waals surface area contributed by atoms with Gasteiger partial charge in [-0.2, -0.15) is 0 Å². The van der Waals surface area contributed by atoms with Crippen LogP contribution in [0.3, 0.4) is 0 Å². The van der Waals surface area contributed by atoms with Gasteiger partial charge in [-0.1, -0.05) is 0 Å². The van der Waals surface area contributed by atoms with E-state index in [0.29, 0.717) is 24.1 Å². The number of carbonyl (C=O) groups excluding carboxylic acids is 1. The second-order valence-electron chi connectivity index (χ2n) is 4.59. The number of benzene rings is 1. The summed E-state index contributed by atoms with van der Waals surface area (Å²) in [5.74, 6) is 0. The number of hydrogen-bond donors (Lipinski definition) is 1. The average molecular weight is 265 g/mol. The molecule has 104 valence electrons. The number of hydrogen-bond acceptors (Lipinski definition) is 5. The lowest BCUT2D eigenvalue weighted by Crippen LogP contribution is -2.14. The molecule has 1 rings (SSSR count). The van der Waals surface area contributed by atoms with Gasteiger partial charge in [-0.3, -0.25) is 14.9 Å². The normalized spacial score (nSPS) is 10.5. The summed E-state index contributed by atoms with van der Waals surface area (Å²) in [4.78, 5) is 23.1. The fourth-order valence-corrected chi connectivity index (χ4v) is 1.70. The summed E-state index contributed by atoms with van der Waals surface area (Å²) in [7, 11) is 4.02. The van der Waals surface area contributed by atoms with Crippen LogP contribution in [0.25, 0.3) is 0 Å². The lowest BCUT2D eigenvalue weighted by molar-refractivity contribution is -0.384. The fourth-order valence-electron chi connectivity index (χ4n) is 1.70. The Labute approximate surface area is 112 Å². The van der Waals surface area contributed by atoms with Crippen LogP contribution in [-0.2, 0) is 0 Å². The highest BCUT2D eigenvalue weighted by molar-refractivity contribution is 5.79. The van der Waals surface area contributed by atoms with Crippen molar-refractivity contribution in [1.29, 1.82) is 0 Å². The van der Waals surface area contributed by atoms with Gasteiger partial charge >= 0.3 is 0 Å².